The number of rotatable bonds is 5. The summed E-state index contributed by atoms with van der Waals surface area (Å²) >= 11 is 5.26. The van der Waals surface area contributed by atoms with Gasteiger partial charge in [0, 0.05) is 47.6 Å². The van der Waals surface area contributed by atoms with E-state index in [4.69, 9.17) is 12.2 Å². The summed E-state index contributed by atoms with van der Waals surface area (Å²) in [5.41, 5.74) is 6.42. The Morgan fingerprint density at radius 1 is 1.24 bits per heavy atom. The van der Waals surface area contributed by atoms with Crippen LogP contribution in [0.15, 0.2) is 42.7 Å². The lowest BCUT2D eigenvalue weighted by atomic mass is 10.1. The van der Waals surface area contributed by atoms with Crippen molar-refractivity contribution in [1.82, 2.24) is 24.1 Å². The molecule has 148 valence electrons. The lowest BCUT2D eigenvalue weighted by Crippen LogP contribution is -2.14. The average Bonchev–Trinajstić information content (AvgIpc) is 3.26. The van der Waals surface area contributed by atoms with Gasteiger partial charge in [0.05, 0.1) is 5.69 Å². The van der Waals surface area contributed by atoms with Crippen LogP contribution in [0.1, 0.15) is 29.1 Å². The van der Waals surface area contributed by atoms with Gasteiger partial charge in [-0.2, -0.15) is 5.10 Å². The van der Waals surface area contributed by atoms with Crippen LogP contribution in [-0.4, -0.2) is 30.1 Å². The molecule has 1 amide bonds. The third-order valence-electron chi connectivity index (χ3n) is 4.95. The highest BCUT2D eigenvalue weighted by molar-refractivity contribution is 7.71. The van der Waals surface area contributed by atoms with Crippen molar-refractivity contribution in [3.63, 3.8) is 0 Å². The summed E-state index contributed by atoms with van der Waals surface area (Å²) in [5, 5.41) is 7.47. The van der Waals surface area contributed by atoms with Crippen molar-refractivity contribution in [2.75, 3.05) is 5.32 Å². The Hall–Kier alpha value is -3.26. The van der Waals surface area contributed by atoms with Crippen molar-refractivity contribution < 1.29 is 4.79 Å². The quantitative estimate of drug-likeness (QED) is 0.490. The number of H-pyrrole nitrogens is 1. The summed E-state index contributed by atoms with van der Waals surface area (Å²) in [6, 6.07) is 9.57. The van der Waals surface area contributed by atoms with Gasteiger partial charge < -0.3 is 10.3 Å². The maximum Gasteiger partial charge on any atom is 0.224 e. The van der Waals surface area contributed by atoms with Crippen LogP contribution >= 0.6 is 12.2 Å². The highest BCUT2D eigenvalue weighted by atomic mass is 32.1. The number of anilines is 1. The number of aromatic amines is 1. The molecule has 0 saturated heterocycles. The summed E-state index contributed by atoms with van der Waals surface area (Å²) in [6.07, 6.45) is 4.61. The molecule has 0 fully saturated rings. The Bertz CT molecular complexity index is 1270. The Balaban J connectivity index is 1.48. The van der Waals surface area contributed by atoms with Crippen molar-refractivity contribution >= 4 is 29.5 Å². The molecule has 2 N–H and O–H groups in total. The van der Waals surface area contributed by atoms with E-state index in [0.717, 1.165) is 39.7 Å². The minimum Gasteiger partial charge on any atom is -0.337 e. The second-order valence-electron chi connectivity index (χ2n) is 7.05. The van der Waals surface area contributed by atoms with E-state index in [0.29, 0.717) is 17.6 Å². The van der Waals surface area contributed by atoms with Crippen molar-refractivity contribution in [2.45, 2.75) is 33.6 Å². The molecule has 0 unspecified atom stereocenters. The fourth-order valence-electron chi connectivity index (χ4n) is 3.52. The normalized spacial score (nSPS) is 11.1. The molecule has 0 spiro atoms. The molecule has 3 aromatic heterocycles. The molecular weight excluding hydrogens is 384 g/mol. The number of carbonyl (C=O) groups excluding carboxylic acids is 1. The van der Waals surface area contributed by atoms with Crippen LogP contribution in [-0.2, 0) is 11.2 Å². The largest absolute Gasteiger partial charge is 0.337 e. The molecule has 3 heterocycles. The first kappa shape index (κ1) is 19.1. The molecule has 7 nitrogen and oxygen atoms in total. The molecule has 0 saturated carbocycles. The third kappa shape index (κ3) is 3.84. The molecule has 0 bridgehead atoms. The zero-order valence-electron chi connectivity index (χ0n) is 16.6. The molecule has 0 aliphatic carbocycles. The Morgan fingerprint density at radius 3 is 2.83 bits per heavy atom. The maximum atomic E-state index is 12.6. The molecule has 1 aromatic carbocycles. The summed E-state index contributed by atoms with van der Waals surface area (Å²) in [6.45, 7) is 5.95. The molecule has 0 atom stereocenters. The Labute approximate surface area is 173 Å². The molecule has 29 heavy (non-hydrogen) atoms. The number of imidazole rings is 1. The fourth-order valence-corrected chi connectivity index (χ4v) is 3.76. The SMILES string of the molecule is Cc1cc2nc(C)c(CCC(=O)Nc3cccc(-n4cc[nH]c4=S)c3)c(C)n2n1. The highest BCUT2D eigenvalue weighted by Gasteiger charge is 2.13. The summed E-state index contributed by atoms with van der Waals surface area (Å²) in [5.74, 6) is -0.0460. The lowest BCUT2D eigenvalue weighted by Gasteiger charge is -2.12. The zero-order valence-corrected chi connectivity index (χ0v) is 17.4. The van der Waals surface area contributed by atoms with E-state index in [1.807, 2.05) is 66.4 Å². The van der Waals surface area contributed by atoms with Crippen LogP contribution < -0.4 is 5.32 Å². The van der Waals surface area contributed by atoms with E-state index in [-0.39, 0.29) is 5.91 Å². The monoisotopic (exact) mass is 406 g/mol. The number of amides is 1. The van der Waals surface area contributed by atoms with Crippen LogP contribution in [0.4, 0.5) is 5.69 Å². The van der Waals surface area contributed by atoms with E-state index in [9.17, 15) is 4.79 Å². The van der Waals surface area contributed by atoms with Gasteiger partial charge in [0.2, 0.25) is 5.91 Å². The van der Waals surface area contributed by atoms with Gasteiger partial charge in [-0.05, 0) is 63.2 Å². The maximum absolute atomic E-state index is 12.6. The molecule has 0 radical (unpaired) electrons. The van der Waals surface area contributed by atoms with Crippen LogP contribution in [0, 0.1) is 25.5 Å². The number of fused-ring (bicyclic) bond motifs is 1. The molecular formula is C21H22N6OS. The number of hydrogen-bond acceptors (Lipinski definition) is 4. The number of benzene rings is 1. The first-order valence-electron chi connectivity index (χ1n) is 9.41. The van der Waals surface area contributed by atoms with E-state index in [1.54, 1.807) is 6.20 Å². The molecule has 4 rings (SSSR count). The predicted octanol–water partition coefficient (Wildman–Crippen LogP) is 4.07. The number of nitrogens with zero attached hydrogens (tertiary/aromatic N) is 4. The van der Waals surface area contributed by atoms with Gasteiger partial charge in [0.1, 0.15) is 0 Å². The van der Waals surface area contributed by atoms with E-state index in [1.165, 1.54) is 0 Å². The minimum absolute atomic E-state index is 0.0460. The Morgan fingerprint density at radius 2 is 2.07 bits per heavy atom. The summed E-state index contributed by atoms with van der Waals surface area (Å²) < 4.78 is 4.31. The van der Waals surface area contributed by atoms with Crippen LogP contribution in [0.3, 0.4) is 0 Å². The van der Waals surface area contributed by atoms with Crippen molar-refractivity contribution in [3.8, 4) is 5.69 Å². The van der Waals surface area contributed by atoms with Gasteiger partial charge in [-0.1, -0.05) is 6.07 Å². The topological polar surface area (TPSA) is 80.0 Å². The highest BCUT2D eigenvalue weighted by Crippen LogP contribution is 2.19. The molecule has 8 heteroatoms. The second-order valence-corrected chi connectivity index (χ2v) is 7.44. The lowest BCUT2D eigenvalue weighted by molar-refractivity contribution is -0.116. The first-order valence-corrected chi connectivity index (χ1v) is 9.82. The third-order valence-corrected chi connectivity index (χ3v) is 5.26. The van der Waals surface area contributed by atoms with Crippen molar-refractivity contribution in [3.05, 3.63) is 70.1 Å². The number of hydrogen-bond donors (Lipinski definition) is 2. The second kappa shape index (κ2) is 7.63. The van der Waals surface area contributed by atoms with Gasteiger partial charge in [0.15, 0.2) is 10.4 Å². The number of aryl methyl sites for hydroxylation is 3. The van der Waals surface area contributed by atoms with Crippen molar-refractivity contribution in [1.29, 1.82) is 0 Å². The fraction of sp³-hybridized carbons (Fsp3) is 0.238. The number of nitrogens with one attached hydrogen (secondary N) is 2. The van der Waals surface area contributed by atoms with Gasteiger partial charge in [-0.3, -0.25) is 9.36 Å². The zero-order chi connectivity index (χ0) is 20.5. The van der Waals surface area contributed by atoms with Gasteiger partial charge in [0.25, 0.3) is 0 Å². The standard InChI is InChI=1S/C21H22N6OS/c1-13-11-19-23-14(2)18(15(3)27(19)25-13)7-8-20(28)24-16-5-4-6-17(12-16)26-10-9-22-21(26)29/h4-6,9-12H,7-8H2,1-3H3,(H,22,29)(H,24,28). The predicted molar refractivity (Wildman–Crippen MR) is 115 cm³/mol. The summed E-state index contributed by atoms with van der Waals surface area (Å²) in [7, 11) is 0. The van der Waals surface area contributed by atoms with Gasteiger partial charge in [-0.15, -0.1) is 0 Å². The molecule has 0 aliphatic rings. The molecule has 0 aliphatic heterocycles. The van der Waals surface area contributed by atoms with Crippen LogP contribution in [0.5, 0.6) is 0 Å². The number of aromatic nitrogens is 5. The van der Waals surface area contributed by atoms with Crippen molar-refractivity contribution in [2.24, 2.45) is 0 Å². The Kier molecular flexibility index (Phi) is 5.02. The average molecular weight is 407 g/mol. The molecule has 4 aromatic rings. The van der Waals surface area contributed by atoms with Gasteiger partial charge in [-0.25, -0.2) is 9.50 Å². The van der Waals surface area contributed by atoms with Gasteiger partial charge >= 0.3 is 0 Å². The minimum atomic E-state index is -0.0460. The van der Waals surface area contributed by atoms with E-state index >= 15 is 0 Å². The smallest absolute Gasteiger partial charge is 0.224 e. The van der Waals surface area contributed by atoms with Crippen LogP contribution in [0.2, 0.25) is 0 Å². The van der Waals surface area contributed by atoms with Crippen LogP contribution in [0.25, 0.3) is 11.3 Å². The first-order chi connectivity index (χ1) is 13.9. The van der Waals surface area contributed by atoms with E-state index < -0.39 is 0 Å². The number of carbonyl (C=O) groups is 1. The van der Waals surface area contributed by atoms with E-state index in [2.05, 4.69) is 20.4 Å². The summed E-state index contributed by atoms with van der Waals surface area (Å²) in [4.78, 5) is 20.1.